The summed E-state index contributed by atoms with van der Waals surface area (Å²) >= 11 is 1.58. The van der Waals surface area contributed by atoms with Crippen LogP contribution in [-0.2, 0) is 4.74 Å². The van der Waals surface area contributed by atoms with E-state index in [0.29, 0.717) is 23.4 Å². The van der Waals surface area contributed by atoms with E-state index in [9.17, 15) is 9.59 Å². The van der Waals surface area contributed by atoms with Crippen molar-refractivity contribution in [2.75, 3.05) is 37.7 Å². The van der Waals surface area contributed by atoms with Crippen molar-refractivity contribution in [1.29, 1.82) is 0 Å². The van der Waals surface area contributed by atoms with E-state index < -0.39 is 0 Å². The van der Waals surface area contributed by atoms with Crippen LogP contribution < -0.4 is 10.5 Å². The van der Waals surface area contributed by atoms with Gasteiger partial charge in [-0.15, -0.1) is 11.3 Å². The van der Waals surface area contributed by atoms with Crippen LogP contribution in [-0.4, -0.2) is 58.6 Å². The van der Waals surface area contributed by atoms with E-state index in [1.165, 1.54) is 0 Å². The number of aromatic nitrogens is 3. The first-order chi connectivity index (χ1) is 15.4. The first-order valence-corrected chi connectivity index (χ1v) is 11.8. The van der Waals surface area contributed by atoms with Crippen molar-refractivity contribution in [1.82, 2.24) is 19.9 Å². The third-order valence-electron chi connectivity index (χ3n) is 6.11. The highest BCUT2D eigenvalue weighted by Crippen LogP contribution is 2.28. The molecule has 1 unspecified atom stereocenters. The molecule has 0 saturated carbocycles. The zero-order valence-corrected chi connectivity index (χ0v) is 19.8. The van der Waals surface area contributed by atoms with Gasteiger partial charge in [0.25, 0.3) is 5.56 Å². The summed E-state index contributed by atoms with van der Waals surface area (Å²) in [6, 6.07) is 3.65. The van der Waals surface area contributed by atoms with Gasteiger partial charge in [-0.05, 0) is 51.8 Å². The minimum Gasteiger partial charge on any atom is -0.462 e. The van der Waals surface area contributed by atoms with Crippen LogP contribution >= 0.6 is 11.3 Å². The van der Waals surface area contributed by atoms with Crippen LogP contribution in [0.3, 0.4) is 0 Å². The molecule has 1 atom stereocenters. The van der Waals surface area contributed by atoms with Gasteiger partial charge in [0.05, 0.1) is 23.6 Å². The Balaban J connectivity index is 1.47. The summed E-state index contributed by atoms with van der Waals surface area (Å²) in [5.41, 5.74) is 1.43. The molecule has 0 amide bonds. The molecular weight excluding hydrogens is 426 g/mol. The Kier molecular flexibility index (Phi) is 6.57. The van der Waals surface area contributed by atoms with E-state index in [-0.39, 0.29) is 17.6 Å². The maximum atomic E-state index is 12.7. The van der Waals surface area contributed by atoms with Gasteiger partial charge >= 0.3 is 5.97 Å². The quantitative estimate of drug-likeness (QED) is 0.589. The molecule has 170 valence electrons. The average molecular weight is 456 g/mol. The zero-order chi connectivity index (χ0) is 22.8. The molecule has 0 bridgehead atoms. The summed E-state index contributed by atoms with van der Waals surface area (Å²) in [7, 11) is 0. The fourth-order valence-electron chi connectivity index (χ4n) is 4.10. The zero-order valence-electron chi connectivity index (χ0n) is 19.0. The topological polar surface area (TPSA) is 91.4 Å². The molecule has 1 N–H and O–H groups in total. The molecule has 1 fully saturated rings. The Morgan fingerprint density at radius 2 is 2.06 bits per heavy atom. The van der Waals surface area contributed by atoms with Crippen molar-refractivity contribution in [3.05, 3.63) is 50.5 Å². The molecule has 32 heavy (non-hydrogen) atoms. The summed E-state index contributed by atoms with van der Waals surface area (Å²) in [5, 5.41) is 0.711. The van der Waals surface area contributed by atoms with Gasteiger partial charge in [-0.25, -0.2) is 14.8 Å². The third kappa shape index (κ3) is 4.40. The molecule has 0 spiro atoms. The van der Waals surface area contributed by atoms with Crippen molar-refractivity contribution < 1.29 is 9.53 Å². The van der Waals surface area contributed by atoms with Crippen molar-refractivity contribution in [3.8, 4) is 0 Å². The number of anilines is 1. The number of carbonyl (C=O) groups is 1. The minimum absolute atomic E-state index is 0.00825. The van der Waals surface area contributed by atoms with E-state index in [0.717, 1.165) is 53.7 Å². The highest BCUT2D eigenvalue weighted by atomic mass is 32.1. The van der Waals surface area contributed by atoms with Crippen LogP contribution in [0.4, 0.5) is 5.82 Å². The monoisotopic (exact) mass is 455 g/mol. The first-order valence-electron chi connectivity index (χ1n) is 11.0. The Bertz CT molecular complexity index is 1170. The lowest BCUT2D eigenvalue weighted by Crippen LogP contribution is -2.34. The smallest absolute Gasteiger partial charge is 0.339 e. The van der Waals surface area contributed by atoms with Gasteiger partial charge in [-0.2, -0.15) is 0 Å². The molecule has 3 aromatic heterocycles. The van der Waals surface area contributed by atoms with Crippen LogP contribution in [0, 0.1) is 13.8 Å². The van der Waals surface area contributed by atoms with Crippen molar-refractivity contribution in [2.45, 2.75) is 40.2 Å². The van der Waals surface area contributed by atoms with Crippen LogP contribution in [0.1, 0.15) is 52.9 Å². The van der Waals surface area contributed by atoms with Gasteiger partial charge in [-0.1, -0.05) is 0 Å². The molecule has 8 nitrogen and oxygen atoms in total. The molecule has 0 aliphatic carbocycles. The van der Waals surface area contributed by atoms with Crippen LogP contribution in [0.25, 0.3) is 10.2 Å². The maximum absolute atomic E-state index is 12.7. The number of ether oxygens (including phenoxy) is 1. The number of rotatable bonds is 5. The van der Waals surface area contributed by atoms with Gasteiger partial charge < -0.3 is 14.6 Å². The van der Waals surface area contributed by atoms with Crippen molar-refractivity contribution >= 4 is 33.3 Å². The molecule has 0 radical (unpaired) electrons. The highest BCUT2D eigenvalue weighted by molar-refractivity contribution is 7.18. The van der Waals surface area contributed by atoms with Gasteiger partial charge in [0.1, 0.15) is 16.5 Å². The summed E-state index contributed by atoms with van der Waals surface area (Å²) in [6.45, 7) is 11.6. The second-order valence-corrected chi connectivity index (χ2v) is 9.30. The molecule has 4 rings (SSSR count). The number of nitrogens with zero attached hydrogens (tertiary/aromatic N) is 4. The van der Waals surface area contributed by atoms with E-state index in [4.69, 9.17) is 9.72 Å². The number of nitrogens with one attached hydrogen (secondary N) is 1. The maximum Gasteiger partial charge on any atom is 0.339 e. The number of H-pyrrole nitrogens is 1. The Hall–Kier alpha value is -2.78. The molecule has 1 aliphatic rings. The fraction of sp³-hybridized carbons (Fsp3) is 0.478. The summed E-state index contributed by atoms with van der Waals surface area (Å²) in [6.07, 6.45) is 2.54. The van der Waals surface area contributed by atoms with Gasteiger partial charge in [0.15, 0.2) is 0 Å². The Morgan fingerprint density at radius 3 is 2.78 bits per heavy atom. The number of esters is 1. The number of carbonyl (C=O) groups excluding carboxylic acids is 1. The lowest BCUT2D eigenvalue weighted by Gasteiger charge is -2.27. The minimum atomic E-state index is -0.350. The van der Waals surface area contributed by atoms with Crippen LogP contribution in [0.5, 0.6) is 0 Å². The highest BCUT2D eigenvalue weighted by Gasteiger charge is 2.24. The molecule has 1 aliphatic heterocycles. The lowest BCUT2D eigenvalue weighted by atomic mass is 10.2. The van der Waals surface area contributed by atoms with E-state index in [1.54, 1.807) is 30.5 Å². The Morgan fingerprint density at radius 1 is 1.25 bits per heavy atom. The number of hydrogen-bond donors (Lipinski definition) is 1. The summed E-state index contributed by atoms with van der Waals surface area (Å²) < 4.78 is 5.03. The number of thiophene rings is 1. The largest absolute Gasteiger partial charge is 0.462 e. The SMILES string of the molecule is CCOC(=O)c1ccc(N2CCCN(C(C)c3nc4sc(C)c(C)c4c(=O)[nH]3)CC2)nc1. The van der Waals surface area contributed by atoms with Crippen molar-refractivity contribution in [3.63, 3.8) is 0 Å². The number of aryl methyl sites for hydroxylation is 2. The average Bonchev–Trinajstić information content (AvgIpc) is 2.95. The summed E-state index contributed by atoms with van der Waals surface area (Å²) in [4.78, 5) is 43.4. The van der Waals surface area contributed by atoms with Gasteiger partial charge in [-0.3, -0.25) is 9.69 Å². The predicted octanol–water partition coefficient (Wildman–Crippen LogP) is 3.45. The first kappa shape index (κ1) is 22.4. The Labute approximate surface area is 191 Å². The van der Waals surface area contributed by atoms with E-state index in [1.807, 2.05) is 19.9 Å². The number of fused-ring (bicyclic) bond motifs is 1. The third-order valence-corrected chi connectivity index (χ3v) is 7.22. The molecule has 4 heterocycles. The molecular formula is C23H29N5O3S. The number of hydrogen-bond acceptors (Lipinski definition) is 8. The fourth-order valence-corrected chi connectivity index (χ4v) is 5.14. The van der Waals surface area contributed by atoms with Crippen LogP contribution in [0.2, 0.25) is 0 Å². The van der Waals surface area contributed by atoms with Crippen molar-refractivity contribution in [2.24, 2.45) is 0 Å². The second kappa shape index (κ2) is 9.38. The van der Waals surface area contributed by atoms with E-state index >= 15 is 0 Å². The number of aromatic amines is 1. The lowest BCUT2D eigenvalue weighted by molar-refractivity contribution is 0.0526. The van der Waals surface area contributed by atoms with E-state index in [2.05, 4.69) is 26.7 Å². The normalized spacial score (nSPS) is 16.2. The van der Waals surface area contributed by atoms with Gasteiger partial charge in [0, 0.05) is 37.3 Å². The summed E-state index contributed by atoms with van der Waals surface area (Å²) in [5.74, 6) is 1.22. The molecule has 9 heteroatoms. The predicted molar refractivity (Wildman–Crippen MR) is 127 cm³/mol. The second-order valence-electron chi connectivity index (χ2n) is 8.09. The number of pyridine rings is 1. The molecule has 3 aromatic rings. The van der Waals surface area contributed by atoms with Gasteiger partial charge in [0.2, 0.25) is 0 Å². The molecule has 1 saturated heterocycles. The van der Waals surface area contributed by atoms with Crippen LogP contribution in [0.15, 0.2) is 23.1 Å². The standard InChI is InChI=1S/C23H29N5O3S/c1-5-31-23(30)17-7-8-18(24-13-17)28-10-6-9-27(11-12-28)15(3)20-25-21(29)19-14(2)16(4)32-22(19)26-20/h7-8,13,15H,5-6,9-12H2,1-4H3,(H,25,26,29). The molecule has 0 aromatic carbocycles.